The summed E-state index contributed by atoms with van der Waals surface area (Å²) in [5, 5.41) is 5.37. The summed E-state index contributed by atoms with van der Waals surface area (Å²) < 4.78 is 0. The number of rotatable bonds is 5. The first kappa shape index (κ1) is 18.8. The summed E-state index contributed by atoms with van der Waals surface area (Å²) in [4.78, 5) is 20.9. The number of carbonyl (C=O) groups excluding carboxylic acids is 1. The fourth-order valence-corrected chi connectivity index (χ4v) is 4.52. The maximum absolute atomic E-state index is 12.8. The van der Waals surface area contributed by atoms with Crippen molar-refractivity contribution < 1.29 is 4.79 Å². The van der Waals surface area contributed by atoms with Gasteiger partial charge in [0, 0.05) is 41.5 Å². The molecule has 1 aliphatic heterocycles. The first-order valence-electron chi connectivity index (χ1n) is 9.76. The molecule has 144 valence electrons. The molecule has 0 aliphatic carbocycles. The second-order valence-electron chi connectivity index (χ2n) is 7.39. The molecule has 4 rings (SSSR count). The maximum Gasteiger partial charge on any atom is 0.251 e. The number of likely N-dealkylation sites (tertiary alicyclic amines) is 1. The Morgan fingerprint density at radius 1 is 1.21 bits per heavy atom. The molecule has 5 heteroatoms. The molecule has 3 aromatic rings. The third kappa shape index (κ3) is 4.66. The van der Waals surface area contributed by atoms with Crippen molar-refractivity contribution in [3.63, 3.8) is 0 Å². The average Bonchev–Trinajstić information content (AvgIpc) is 3.21. The molecule has 1 N–H and O–H groups in total. The molecule has 1 aromatic carbocycles. The van der Waals surface area contributed by atoms with Crippen molar-refractivity contribution in [2.24, 2.45) is 0 Å². The van der Waals surface area contributed by atoms with Gasteiger partial charge in [-0.15, -0.1) is 11.3 Å². The lowest BCUT2D eigenvalue weighted by Crippen LogP contribution is -2.47. The molecule has 28 heavy (non-hydrogen) atoms. The zero-order valence-electron chi connectivity index (χ0n) is 16.1. The van der Waals surface area contributed by atoms with Crippen LogP contribution < -0.4 is 5.32 Å². The van der Waals surface area contributed by atoms with Gasteiger partial charge in [-0.1, -0.05) is 18.2 Å². The lowest BCUT2D eigenvalue weighted by molar-refractivity contribution is 0.0901. The monoisotopic (exact) mass is 391 g/mol. The van der Waals surface area contributed by atoms with Crippen LogP contribution in [0.3, 0.4) is 0 Å². The molecule has 0 bridgehead atoms. The minimum atomic E-state index is 0.00982. The van der Waals surface area contributed by atoms with Gasteiger partial charge in [-0.25, -0.2) is 0 Å². The Morgan fingerprint density at radius 2 is 2.11 bits per heavy atom. The number of piperidine rings is 1. The number of aromatic nitrogens is 1. The van der Waals surface area contributed by atoms with Crippen LogP contribution in [0.5, 0.6) is 0 Å². The van der Waals surface area contributed by atoms with E-state index in [1.165, 1.54) is 4.88 Å². The van der Waals surface area contributed by atoms with Crippen molar-refractivity contribution in [3.8, 4) is 11.1 Å². The Hall–Kier alpha value is -2.50. The van der Waals surface area contributed by atoms with Gasteiger partial charge < -0.3 is 5.32 Å². The van der Waals surface area contributed by atoms with Gasteiger partial charge in [0.2, 0.25) is 0 Å². The number of thiophene rings is 1. The molecule has 3 heterocycles. The normalized spacial score (nSPS) is 17.4. The van der Waals surface area contributed by atoms with Crippen molar-refractivity contribution in [1.29, 1.82) is 0 Å². The minimum Gasteiger partial charge on any atom is -0.348 e. The van der Waals surface area contributed by atoms with Crippen LogP contribution in [0.15, 0.2) is 60.1 Å². The number of carbonyl (C=O) groups is 1. The number of pyridine rings is 1. The van der Waals surface area contributed by atoms with E-state index in [1.807, 2.05) is 49.5 Å². The number of nitrogens with zero attached hydrogens (tertiary/aromatic N) is 2. The van der Waals surface area contributed by atoms with Crippen LogP contribution in [0.2, 0.25) is 0 Å². The summed E-state index contributed by atoms with van der Waals surface area (Å²) in [5.74, 6) is 0.00982. The largest absolute Gasteiger partial charge is 0.348 e. The molecular weight excluding hydrogens is 366 g/mol. The van der Waals surface area contributed by atoms with E-state index in [2.05, 4.69) is 32.7 Å². The summed E-state index contributed by atoms with van der Waals surface area (Å²) in [6, 6.07) is 16.3. The van der Waals surface area contributed by atoms with E-state index in [9.17, 15) is 4.79 Å². The van der Waals surface area contributed by atoms with Crippen LogP contribution in [-0.2, 0) is 6.54 Å². The van der Waals surface area contributed by atoms with Crippen molar-refractivity contribution >= 4 is 17.2 Å². The molecule has 2 aromatic heterocycles. The standard InChI is InChI=1S/C23H25N3OS/c1-17-13-19(9-10-24-17)18-5-2-6-20(14-18)23(27)25-21-7-3-11-26(15-21)16-22-8-4-12-28-22/h2,4-6,8-10,12-14,21H,3,7,11,15-16H2,1H3,(H,25,27). The van der Waals surface area contributed by atoms with Crippen LogP contribution in [-0.4, -0.2) is 34.9 Å². The van der Waals surface area contributed by atoms with Crippen molar-refractivity contribution in [2.75, 3.05) is 13.1 Å². The summed E-state index contributed by atoms with van der Waals surface area (Å²) in [6.45, 7) is 4.96. The highest BCUT2D eigenvalue weighted by molar-refractivity contribution is 7.09. The van der Waals surface area contributed by atoms with Gasteiger partial charge in [0.15, 0.2) is 0 Å². The zero-order valence-corrected chi connectivity index (χ0v) is 16.9. The van der Waals surface area contributed by atoms with Crippen LogP contribution in [0.25, 0.3) is 11.1 Å². The maximum atomic E-state index is 12.8. The Bertz CT molecular complexity index is 939. The molecule has 1 saturated heterocycles. The predicted molar refractivity (Wildman–Crippen MR) is 114 cm³/mol. The van der Waals surface area contributed by atoms with Crippen LogP contribution in [0, 0.1) is 6.92 Å². The average molecular weight is 392 g/mol. The molecule has 1 amide bonds. The predicted octanol–water partition coefficient (Wildman–Crippen LogP) is 4.51. The van der Waals surface area contributed by atoms with Crippen molar-refractivity contribution in [2.45, 2.75) is 32.4 Å². The van der Waals surface area contributed by atoms with E-state index >= 15 is 0 Å². The van der Waals surface area contributed by atoms with E-state index in [4.69, 9.17) is 0 Å². The Morgan fingerprint density at radius 3 is 2.93 bits per heavy atom. The lowest BCUT2D eigenvalue weighted by Gasteiger charge is -2.32. The number of hydrogen-bond donors (Lipinski definition) is 1. The number of nitrogens with one attached hydrogen (secondary N) is 1. The minimum absolute atomic E-state index is 0.00982. The highest BCUT2D eigenvalue weighted by Gasteiger charge is 2.22. The van der Waals surface area contributed by atoms with Crippen LogP contribution >= 0.6 is 11.3 Å². The topological polar surface area (TPSA) is 45.2 Å². The highest BCUT2D eigenvalue weighted by atomic mass is 32.1. The van der Waals surface area contributed by atoms with Crippen molar-refractivity contribution in [3.05, 3.63) is 76.2 Å². The second-order valence-corrected chi connectivity index (χ2v) is 8.43. The Kier molecular flexibility index (Phi) is 5.84. The fraction of sp³-hybridized carbons (Fsp3) is 0.304. The van der Waals surface area contributed by atoms with Gasteiger partial charge >= 0.3 is 0 Å². The van der Waals surface area contributed by atoms with Gasteiger partial charge in [-0.2, -0.15) is 0 Å². The summed E-state index contributed by atoms with van der Waals surface area (Å²) in [5.41, 5.74) is 3.81. The third-order valence-corrected chi connectivity index (χ3v) is 6.02. The van der Waals surface area contributed by atoms with E-state index < -0.39 is 0 Å². The molecule has 0 spiro atoms. The van der Waals surface area contributed by atoms with E-state index in [0.717, 1.165) is 49.3 Å². The SMILES string of the molecule is Cc1cc(-c2cccc(C(=O)NC3CCCN(Cc4cccs4)C3)c2)ccn1. The third-order valence-electron chi connectivity index (χ3n) is 5.16. The summed E-state index contributed by atoms with van der Waals surface area (Å²) >= 11 is 1.80. The van der Waals surface area contributed by atoms with Crippen LogP contribution in [0.1, 0.15) is 33.8 Å². The lowest BCUT2D eigenvalue weighted by atomic mass is 10.0. The quantitative estimate of drug-likeness (QED) is 0.696. The molecular formula is C23H25N3OS. The van der Waals surface area contributed by atoms with E-state index in [-0.39, 0.29) is 11.9 Å². The molecule has 0 radical (unpaired) electrons. The second kappa shape index (κ2) is 8.67. The van der Waals surface area contributed by atoms with Crippen LogP contribution in [0.4, 0.5) is 0 Å². The van der Waals surface area contributed by atoms with Gasteiger partial charge in [0.05, 0.1) is 0 Å². The van der Waals surface area contributed by atoms with Gasteiger partial charge in [0.1, 0.15) is 0 Å². The van der Waals surface area contributed by atoms with E-state index in [0.29, 0.717) is 5.56 Å². The highest BCUT2D eigenvalue weighted by Crippen LogP contribution is 2.21. The zero-order chi connectivity index (χ0) is 19.3. The number of aryl methyl sites for hydroxylation is 1. The molecule has 1 aliphatic rings. The first-order valence-corrected chi connectivity index (χ1v) is 10.6. The Balaban J connectivity index is 1.41. The van der Waals surface area contributed by atoms with E-state index in [1.54, 1.807) is 11.3 Å². The number of benzene rings is 1. The fourth-order valence-electron chi connectivity index (χ4n) is 3.77. The molecule has 1 unspecified atom stereocenters. The summed E-state index contributed by atoms with van der Waals surface area (Å²) in [7, 11) is 0. The van der Waals surface area contributed by atoms with Gasteiger partial charge in [-0.3, -0.25) is 14.7 Å². The van der Waals surface area contributed by atoms with Crippen molar-refractivity contribution in [1.82, 2.24) is 15.2 Å². The number of amides is 1. The Labute approximate surface area is 170 Å². The molecule has 1 fully saturated rings. The van der Waals surface area contributed by atoms with Gasteiger partial charge in [-0.05, 0) is 73.1 Å². The first-order chi connectivity index (χ1) is 13.7. The molecule has 0 saturated carbocycles. The number of hydrogen-bond acceptors (Lipinski definition) is 4. The molecule has 1 atom stereocenters. The smallest absolute Gasteiger partial charge is 0.251 e. The molecule has 4 nitrogen and oxygen atoms in total. The summed E-state index contributed by atoms with van der Waals surface area (Å²) in [6.07, 6.45) is 3.96. The van der Waals surface area contributed by atoms with Gasteiger partial charge in [0.25, 0.3) is 5.91 Å².